The zero-order valence-corrected chi connectivity index (χ0v) is 6.34. The molecule has 0 spiro atoms. The molecule has 56 valence electrons. The molecule has 2 heteroatoms. The fourth-order valence-electron chi connectivity index (χ4n) is 0.899. The Morgan fingerprint density at radius 3 is 3.20 bits per heavy atom. The Morgan fingerprint density at radius 1 is 1.90 bits per heavy atom. The highest BCUT2D eigenvalue weighted by Crippen LogP contribution is 2.10. The first kappa shape index (κ1) is 7.32. The summed E-state index contributed by atoms with van der Waals surface area (Å²) in [6.45, 7) is 6.68. The van der Waals surface area contributed by atoms with Crippen molar-refractivity contribution in [3.05, 3.63) is 12.2 Å². The fraction of sp³-hybridized carbons (Fsp3) is 0.625. The van der Waals surface area contributed by atoms with E-state index >= 15 is 0 Å². The Labute approximate surface area is 61.6 Å². The smallest absolute Gasteiger partial charge is 0.170 e. The first-order valence-corrected chi connectivity index (χ1v) is 3.57. The molecule has 0 aromatic heterocycles. The molecule has 1 atom stereocenters. The summed E-state index contributed by atoms with van der Waals surface area (Å²) >= 11 is 0. The van der Waals surface area contributed by atoms with Crippen LogP contribution in [0.25, 0.3) is 0 Å². The predicted octanol–water partition coefficient (Wildman–Crippen LogP) is 1.77. The molecule has 1 aliphatic rings. The largest absolute Gasteiger partial charge is 0.478 e. The van der Waals surface area contributed by atoms with Crippen LogP contribution in [0.1, 0.15) is 19.8 Å². The number of ether oxygens (including phenoxy) is 1. The maximum absolute atomic E-state index is 5.17. The molecule has 1 rings (SSSR count). The van der Waals surface area contributed by atoms with Crippen LogP contribution < -0.4 is 0 Å². The summed E-state index contributed by atoms with van der Waals surface area (Å²) in [5, 5.41) is 0. The van der Waals surface area contributed by atoms with Crippen LogP contribution >= 0.6 is 0 Å². The second-order valence-corrected chi connectivity index (χ2v) is 2.72. The van der Waals surface area contributed by atoms with Crippen molar-refractivity contribution < 1.29 is 4.74 Å². The Kier molecular flexibility index (Phi) is 2.49. The van der Waals surface area contributed by atoms with Gasteiger partial charge in [-0.15, -0.1) is 6.58 Å². The predicted molar refractivity (Wildman–Crippen MR) is 42.3 cm³/mol. The molecule has 0 bridgehead atoms. The van der Waals surface area contributed by atoms with E-state index in [1.165, 1.54) is 5.57 Å². The van der Waals surface area contributed by atoms with Gasteiger partial charge in [0.2, 0.25) is 0 Å². The van der Waals surface area contributed by atoms with Gasteiger partial charge in [0.05, 0.1) is 6.54 Å². The van der Waals surface area contributed by atoms with Crippen LogP contribution in [0.5, 0.6) is 0 Å². The van der Waals surface area contributed by atoms with Crippen LogP contribution in [-0.2, 0) is 4.74 Å². The number of hydrogen-bond acceptors (Lipinski definition) is 2. The average molecular weight is 139 g/mol. The molecule has 0 fully saturated rings. The molecule has 1 heterocycles. The van der Waals surface area contributed by atoms with Gasteiger partial charge in [0.15, 0.2) is 6.40 Å². The first-order chi connectivity index (χ1) is 4.79. The Morgan fingerprint density at radius 2 is 2.70 bits per heavy atom. The summed E-state index contributed by atoms with van der Waals surface area (Å²) in [7, 11) is 0. The van der Waals surface area contributed by atoms with Crippen LogP contribution in [0, 0.1) is 0 Å². The summed E-state index contributed by atoms with van der Waals surface area (Å²) in [5.41, 5.74) is 1.22. The lowest BCUT2D eigenvalue weighted by Gasteiger charge is -2.06. The van der Waals surface area contributed by atoms with E-state index in [2.05, 4.69) is 11.6 Å². The third kappa shape index (κ3) is 2.21. The van der Waals surface area contributed by atoms with Crippen LogP contribution in [0.4, 0.5) is 0 Å². The normalized spacial score (nSPS) is 22.7. The molecular formula is C8H13NO. The zero-order valence-electron chi connectivity index (χ0n) is 6.34. The zero-order chi connectivity index (χ0) is 7.40. The van der Waals surface area contributed by atoms with Crippen molar-refractivity contribution in [1.29, 1.82) is 0 Å². The number of aliphatic imine (C=N–C) groups is 1. The van der Waals surface area contributed by atoms with Crippen molar-refractivity contribution in [2.45, 2.75) is 25.9 Å². The minimum Gasteiger partial charge on any atom is -0.478 e. The van der Waals surface area contributed by atoms with E-state index in [0.717, 1.165) is 19.4 Å². The molecule has 1 aliphatic heterocycles. The van der Waals surface area contributed by atoms with E-state index in [1.807, 2.05) is 6.92 Å². The lowest BCUT2D eigenvalue weighted by atomic mass is 10.1. The van der Waals surface area contributed by atoms with Crippen LogP contribution in [0.2, 0.25) is 0 Å². The monoisotopic (exact) mass is 139 g/mol. The topological polar surface area (TPSA) is 21.6 Å². The molecule has 0 radical (unpaired) electrons. The van der Waals surface area contributed by atoms with Gasteiger partial charge in [0.25, 0.3) is 0 Å². The highest BCUT2D eigenvalue weighted by Gasteiger charge is 2.10. The quantitative estimate of drug-likeness (QED) is 0.546. The lowest BCUT2D eigenvalue weighted by Crippen LogP contribution is -2.09. The second kappa shape index (κ2) is 3.40. The molecule has 0 amide bonds. The molecule has 0 saturated carbocycles. The lowest BCUT2D eigenvalue weighted by molar-refractivity contribution is 0.222. The minimum atomic E-state index is 0.316. The molecule has 0 saturated heterocycles. The number of allylic oxidation sites excluding steroid dienone is 1. The Bertz CT molecular complexity index is 143. The van der Waals surface area contributed by atoms with Crippen molar-refractivity contribution in [1.82, 2.24) is 0 Å². The summed E-state index contributed by atoms with van der Waals surface area (Å²) in [5.74, 6) is 0. The summed E-state index contributed by atoms with van der Waals surface area (Å²) in [6.07, 6.45) is 3.96. The second-order valence-electron chi connectivity index (χ2n) is 2.72. The maximum atomic E-state index is 5.17. The summed E-state index contributed by atoms with van der Waals surface area (Å²) in [6, 6.07) is 0. The van der Waals surface area contributed by atoms with Gasteiger partial charge in [-0.1, -0.05) is 5.57 Å². The summed E-state index contributed by atoms with van der Waals surface area (Å²) in [4.78, 5) is 3.97. The van der Waals surface area contributed by atoms with E-state index in [4.69, 9.17) is 4.74 Å². The van der Waals surface area contributed by atoms with Gasteiger partial charge in [-0.3, -0.25) is 4.99 Å². The highest BCUT2D eigenvalue weighted by molar-refractivity contribution is 5.48. The van der Waals surface area contributed by atoms with Crippen molar-refractivity contribution in [3.63, 3.8) is 0 Å². The first-order valence-electron chi connectivity index (χ1n) is 3.57. The van der Waals surface area contributed by atoms with Crippen molar-refractivity contribution in [2.24, 2.45) is 4.99 Å². The minimum absolute atomic E-state index is 0.316. The van der Waals surface area contributed by atoms with Crippen molar-refractivity contribution in [3.8, 4) is 0 Å². The van der Waals surface area contributed by atoms with Gasteiger partial charge >= 0.3 is 0 Å². The van der Waals surface area contributed by atoms with E-state index in [-0.39, 0.29) is 0 Å². The maximum Gasteiger partial charge on any atom is 0.170 e. The molecular weight excluding hydrogens is 126 g/mol. The van der Waals surface area contributed by atoms with Crippen molar-refractivity contribution >= 4 is 6.40 Å². The number of hydrogen-bond donors (Lipinski definition) is 0. The van der Waals surface area contributed by atoms with E-state index in [9.17, 15) is 0 Å². The van der Waals surface area contributed by atoms with Gasteiger partial charge < -0.3 is 4.74 Å². The van der Waals surface area contributed by atoms with Crippen LogP contribution in [-0.4, -0.2) is 19.0 Å². The summed E-state index contributed by atoms with van der Waals surface area (Å²) < 4.78 is 5.17. The molecule has 10 heavy (non-hydrogen) atoms. The third-order valence-electron chi connectivity index (χ3n) is 1.53. The molecule has 0 N–H and O–H groups in total. The van der Waals surface area contributed by atoms with E-state index in [0.29, 0.717) is 6.10 Å². The average Bonchev–Trinajstić information content (AvgIpc) is 2.34. The van der Waals surface area contributed by atoms with Gasteiger partial charge in [0, 0.05) is 0 Å². The number of nitrogens with zero attached hydrogens (tertiary/aromatic N) is 1. The van der Waals surface area contributed by atoms with Crippen LogP contribution in [0.15, 0.2) is 17.1 Å². The SMILES string of the molecule is C=C(C)CCC1CN=CO1. The van der Waals surface area contributed by atoms with Crippen molar-refractivity contribution in [2.75, 3.05) is 6.54 Å². The van der Waals surface area contributed by atoms with Gasteiger partial charge in [-0.2, -0.15) is 0 Å². The molecule has 1 unspecified atom stereocenters. The van der Waals surface area contributed by atoms with Crippen LogP contribution in [0.3, 0.4) is 0 Å². The van der Waals surface area contributed by atoms with Gasteiger partial charge in [-0.25, -0.2) is 0 Å². The fourth-order valence-corrected chi connectivity index (χ4v) is 0.899. The molecule has 0 aromatic carbocycles. The van der Waals surface area contributed by atoms with Gasteiger partial charge in [0.1, 0.15) is 6.10 Å². The third-order valence-corrected chi connectivity index (χ3v) is 1.53. The molecule has 0 aliphatic carbocycles. The Balaban J connectivity index is 2.09. The van der Waals surface area contributed by atoms with E-state index in [1.54, 1.807) is 6.40 Å². The Hall–Kier alpha value is -0.790. The van der Waals surface area contributed by atoms with E-state index < -0.39 is 0 Å². The highest BCUT2D eigenvalue weighted by atomic mass is 16.5. The molecule has 0 aromatic rings. The number of rotatable bonds is 3. The molecule has 2 nitrogen and oxygen atoms in total. The standard InChI is InChI=1S/C8H13NO/c1-7(2)3-4-8-5-9-6-10-8/h6,8H,1,3-5H2,2H3. The van der Waals surface area contributed by atoms with Gasteiger partial charge in [-0.05, 0) is 19.8 Å².